The molecule has 0 N–H and O–H groups in total. The Hall–Kier alpha value is -1.08. The molecule has 0 aromatic carbocycles. The molecule has 2 unspecified atom stereocenters. The number of ether oxygens (including phenoxy) is 2. The molecule has 0 aromatic rings. The van der Waals surface area contributed by atoms with Crippen LogP contribution in [0.15, 0.2) is 0 Å². The van der Waals surface area contributed by atoms with Crippen LogP contribution in [-0.4, -0.2) is 25.0 Å². The maximum Gasteiger partial charge on any atom is 0.295 e. The van der Waals surface area contributed by atoms with E-state index in [1.165, 1.54) is 6.92 Å². The monoisotopic (exact) mass is 214 g/mol. The third kappa shape index (κ3) is 4.80. The molecule has 0 radical (unpaired) electrons. The normalized spacial score (nSPS) is 30.7. The van der Waals surface area contributed by atoms with E-state index in [0.717, 1.165) is 6.42 Å². The summed E-state index contributed by atoms with van der Waals surface area (Å²) in [7, 11) is 0. The zero-order valence-electron chi connectivity index (χ0n) is 8.79. The number of hydrogen-bond acceptors (Lipinski definition) is 3. The number of halogens is 1. The summed E-state index contributed by atoms with van der Waals surface area (Å²) in [6.45, 7) is 1.75. The lowest BCUT2D eigenvalue weighted by atomic mass is 9.96. The first-order chi connectivity index (χ1) is 7.14. The topological polar surface area (TPSA) is 35.5 Å². The Labute approximate surface area is 88.9 Å². The summed E-state index contributed by atoms with van der Waals surface area (Å²) in [6, 6.07) is 0. The van der Waals surface area contributed by atoms with Gasteiger partial charge in [-0.25, -0.2) is 4.39 Å². The molecular formula is C11H15FO3. The van der Waals surface area contributed by atoms with Gasteiger partial charge in [-0.3, -0.25) is 4.79 Å². The minimum atomic E-state index is -1.42. The molecule has 0 saturated carbocycles. The molecule has 0 amide bonds. The summed E-state index contributed by atoms with van der Waals surface area (Å²) >= 11 is 0. The van der Waals surface area contributed by atoms with Crippen molar-refractivity contribution in [3.05, 3.63) is 0 Å². The van der Waals surface area contributed by atoms with E-state index in [1.54, 1.807) is 0 Å². The molecule has 4 heteroatoms. The molecule has 0 heterocycles. The first-order valence-corrected chi connectivity index (χ1v) is 5.00. The molecule has 0 spiro atoms. The van der Waals surface area contributed by atoms with Gasteiger partial charge in [0.25, 0.3) is 6.47 Å². The van der Waals surface area contributed by atoms with Crippen LogP contribution < -0.4 is 0 Å². The van der Waals surface area contributed by atoms with Gasteiger partial charge in [0.1, 0.15) is 0 Å². The van der Waals surface area contributed by atoms with Crippen LogP contribution in [0.25, 0.3) is 0 Å². The first kappa shape index (κ1) is 12.0. The summed E-state index contributed by atoms with van der Waals surface area (Å²) in [5.74, 6) is 5.37. The molecule has 84 valence electrons. The van der Waals surface area contributed by atoms with Gasteiger partial charge in [0.15, 0.2) is 12.5 Å². The maximum absolute atomic E-state index is 13.6. The van der Waals surface area contributed by atoms with Gasteiger partial charge in [0.2, 0.25) is 0 Å². The van der Waals surface area contributed by atoms with Gasteiger partial charge in [-0.1, -0.05) is 11.8 Å². The van der Waals surface area contributed by atoms with E-state index in [-0.39, 0.29) is 12.9 Å². The number of alkyl halides is 1. The third-order valence-electron chi connectivity index (χ3n) is 2.32. The van der Waals surface area contributed by atoms with Crippen LogP contribution in [0.3, 0.4) is 0 Å². The average Bonchev–Trinajstić information content (AvgIpc) is 2.17. The summed E-state index contributed by atoms with van der Waals surface area (Å²) in [4.78, 5) is 9.89. The fourth-order valence-electron chi connectivity index (χ4n) is 1.45. The summed E-state index contributed by atoms with van der Waals surface area (Å²) < 4.78 is 23.2. The fourth-order valence-corrected chi connectivity index (χ4v) is 1.45. The largest absolute Gasteiger partial charge is 0.441 e. The molecule has 1 rings (SSSR count). The highest BCUT2D eigenvalue weighted by molar-refractivity contribution is 5.36. The van der Waals surface area contributed by atoms with E-state index in [4.69, 9.17) is 4.74 Å². The highest BCUT2D eigenvalue weighted by atomic mass is 19.1. The van der Waals surface area contributed by atoms with Crippen LogP contribution in [-0.2, 0) is 14.3 Å². The Morgan fingerprint density at radius 2 is 2.40 bits per heavy atom. The van der Waals surface area contributed by atoms with Crippen molar-refractivity contribution in [2.45, 2.75) is 44.4 Å². The second kappa shape index (κ2) is 5.72. The van der Waals surface area contributed by atoms with Gasteiger partial charge in [0.05, 0.1) is 6.10 Å². The zero-order chi connectivity index (χ0) is 11.1. The second-order valence-corrected chi connectivity index (χ2v) is 3.75. The smallest absolute Gasteiger partial charge is 0.295 e. The zero-order valence-corrected chi connectivity index (χ0v) is 8.79. The van der Waals surface area contributed by atoms with E-state index in [9.17, 15) is 9.18 Å². The Bertz CT molecular complexity index is 265. The minimum absolute atomic E-state index is 0.0649. The minimum Gasteiger partial charge on any atom is -0.441 e. The lowest BCUT2D eigenvalue weighted by Gasteiger charge is -2.21. The Kier molecular flexibility index (Phi) is 4.57. The van der Waals surface area contributed by atoms with Crippen LogP contribution in [0.5, 0.6) is 0 Å². The number of hydrogen-bond donors (Lipinski definition) is 0. The van der Waals surface area contributed by atoms with Crippen molar-refractivity contribution in [2.24, 2.45) is 0 Å². The van der Waals surface area contributed by atoms with Gasteiger partial charge in [-0.05, 0) is 26.2 Å². The summed E-state index contributed by atoms with van der Waals surface area (Å²) in [5, 5.41) is 0. The van der Waals surface area contributed by atoms with E-state index in [0.29, 0.717) is 25.7 Å². The van der Waals surface area contributed by atoms with Gasteiger partial charge in [-0.15, -0.1) is 0 Å². The third-order valence-corrected chi connectivity index (χ3v) is 2.32. The average molecular weight is 214 g/mol. The Balaban J connectivity index is 2.37. The van der Waals surface area contributed by atoms with Crippen molar-refractivity contribution < 1.29 is 18.7 Å². The van der Waals surface area contributed by atoms with Crippen LogP contribution in [0.4, 0.5) is 4.39 Å². The summed E-state index contributed by atoms with van der Waals surface area (Å²) in [6.07, 6.45) is 2.25. The van der Waals surface area contributed by atoms with Crippen molar-refractivity contribution >= 4 is 6.47 Å². The van der Waals surface area contributed by atoms with Crippen molar-refractivity contribution in [1.82, 2.24) is 0 Å². The summed E-state index contributed by atoms with van der Waals surface area (Å²) in [5.41, 5.74) is -1.42. The molecule has 0 fully saturated rings. The quantitative estimate of drug-likeness (QED) is 0.310. The van der Waals surface area contributed by atoms with E-state index >= 15 is 0 Å². The molecule has 0 saturated heterocycles. The molecule has 0 bridgehead atoms. The number of rotatable bonds is 4. The van der Waals surface area contributed by atoms with Crippen LogP contribution in [0.2, 0.25) is 0 Å². The lowest BCUT2D eigenvalue weighted by molar-refractivity contribution is -0.146. The van der Waals surface area contributed by atoms with Gasteiger partial charge < -0.3 is 9.47 Å². The highest BCUT2D eigenvalue weighted by Gasteiger charge is 2.23. The SMILES string of the molecule is CC1(F)C#CCCC(OCOC=O)CC1. The molecule has 0 aromatic heterocycles. The van der Waals surface area contributed by atoms with Gasteiger partial charge in [-0.2, -0.15) is 0 Å². The molecule has 2 atom stereocenters. The van der Waals surface area contributed by atoms with Gasteiger partial charge in [0, 0.05) is 6.42 Å². The molecule has 1 aliphatic rings. The first-order valence-electron chi connectivity index (χ1n) is 5.00. The van der Waals surface area contributed by atoms with E-state index < -0.39 is 5.67 Å². The van der Waals surface area contributed by atoms with Crippen LogP contribution in [0.1, 0.15) is 32.6 Å². The second-order valence-electron chi connectivity index (χ2n) is 3.75. The number of carbonyl (C=O) groups excluding carboxylic acids is 1. The predicted octanol–water partition coefficient (Wildman–Crippen LogP) is 1.81. The van der Waals surface area contributed by atoms with E-state index in [1.807, 2.05) is 0 Å². The number of carbonyl (C=O) groups is 1. The van der Waals surface area contributed by atoms with Gasteiger partial charge >= 0.3 is 0 Å². The van der Waals surface area contributed by atoms with Crippen LogP contribution >= 0.6 is 0 Å². The van der Waals surface area contributed by atoms with Crippen molar-refractivity contribution in [3.8, 4) is 11.8 Å². The van der Waals surface area contributed by atoms with Crippen molar-refractivity contribution in [1.29, 1.82) is 0 Å². The van der Waals surface area contributed by atoms with E-state index in [2.05, 4.69) is 16.6 Å². The molecule has 15 heavy (non-hydrogen) atoms. The van der Waals surface area contributed by atoms with Crippen molar-refractivity contribution in [2.75, 3.05) is 6.79 Å². The fraction of sp³-hybridized carbons (Fsp3) is 0.727. The Morgan fingerprint density at radius 3 is 3.13 bits per heavy atom. The predicted molar refractivity (Wildman–Crippen MR) is 52.6 cm³/mol. The van der Waals surface area contributed by atoms with Crippen LogP contribution in [0, 0.1) is 11.8 Å². The van der Waals surface area contributed by atoms with Crippen molar-refractivity contribution in [3.63, 3.8) is 0 Å². The molecule has 0 aliphatic heterocycles. The molecular weight excluding hydrogens is 199 g/mol. The maximum atomic E-state index is 13.6. The molecule has 3 nitrogen and oxygen atoms in total. The standard InChI is InChI=1S/C11H15FO3/c1-11(12)6-3-2-4-10(5-7-11)15-9-14-8-13/h8,10H,2,4-5,7,9H2,1H3. The highest BCUT2D eigenvalue weighted by Crippen LogP contribution is 2.22. The molecule has 1 aliphatic carbocycles. The Morgan fingerprint density at radius 1 is 1.60 bits per heavy atom. The lowest BCUT2D eigenvalue weighted by Crippen LogP contribution is -2.23.